The van der Waals surface area contributed by atoms with Crippen molar-refractivity contribution in [2.75, 3.05) is 25.6 Å². The molecule has 0 aliphatic heterocycles. The molecule has 6 nitrogen and oxygen atoms in total. The summed E-state index contributed by atoms with van der Waals surface area (Å²) in [5.74, 6) is -0.558. The molecule has 0 fully saturated rings. The third-order valence-corrected chi connectivity index (χ3v) is 1.97. The normalized spacial score (nSPS) is 12.1. The first-order chi connectivity index (χ1) is 7.65. The number of amides is 1. The van der Waals surface area contributed by atoms with Crippen LogP contribution in [0.3, 0.4) is 0 Å². The van der Waals surface area contributed by atoms with Gasteiger partial charge >= 0.3 is 0 Å². The number of nitrogens with two attached hydrogens (primary N) is 1. The molecule has 1 aromatic rings. The van der Waals surface area contributed by atoms with E-state index in [4.69, 9.17) is 10.5 Å². The molecule has 1 unspecified atom stereocenters. The zero-order valence-electron chi connectivity index (χ0n) is 9.01. The maximum absolute atomic E-state index is 11.0. The summed E-state index contributed by atoms with van der Waals surface area (Å²) < 4.78 is 4.78. The van der Waals surface area contributed by atoms with Crippen LogP contribution >= 0.6 is 0 Å². The molecule has 16 heavy (non-hydrogen) atoms. The van der Waals surface area contributed by atoms with Gasteiger partial charge in [-0.2, -0.15) is 0 Å². The van der Waals surface area contributed by atoms with E-state index in [9.17, 15) is 9.90 Å². The molecular weight excluding hydrogens is 210 g/mol. The molecule has 1 heterocycles. The van der Waals surface area contributed by atoms with E-state index in [0.29, 0.717) is 11.3 Å². The first-order valence-electron chi connectivity index (χ1n) is 4.80. The second kappa shape index (κ2) is 6.04. The van der Waals surface area contributed by atoms with Gasteiger partial charge in [0.25, 0.3) is 5.91 Å². The van der Waals surface area contributed by atoms with E-state index in [1.165, 1.54) is 19.5 Å². The van der Waals surface area contributed by atoms with Crippen LogP contribution in [-0.4, -0.2) is 42.4 Å². The van der Waals surface area contributed by atoms with Crippen molar-refractivity contribution in [3.63, 3.8) is 0 Å². The first-order valence-corrected chi connectivity index (χ1v) is 4.80. The number of hydrogen-bond donors (Lipinski definition) is 3. The Labute approximate surface area is 93.4 Å². The largest absolute Gasteiger partial charge is 0.389 e. The molecule has 0 spiro atoms. The highest BCUT2D eigenvalue weighted by Gasteiger charge is 2.09. The SMILES string of the molecule is COCC(O)CNc1ccncc1C(N)=O. The lowest BCUT2D eigenvalue weighted by Crippen LogP contribution is -2.25. The first kappa shape index (κ1) is 12.4. The monoisotopic (exact) mass is 225 g/mol. The van der Waals surface area contributed by atoms with Gasteiger partial charge in [-0.1, -0.05) is 0 Å². The van der Waals surface area contributed by atoms with Gasteiger partial charge < -0.3 is 20.9 Å². The number of carbonyl (C=O) groups excluding carboxylic acids is 1. The Balaban J connectivity index is 2.63. The molecule has 0 aliphatic carbocycles. The predicted octanol–water partition coefficient (Wildman–Crippen LogP) is -0.400. The lowest BCUT2D eigenvalue weighted by molar-refractivity contribution is 0.0727. The average Bonchev–Trinajstić information content (AvgIpc) is 2.27. The van der Waals surface area contributed by atoms with Crippen LogP contribution in [0.15, 0.2) is 18.5 Å². The second-order valence-electron chi connectivity index (χ2n) is 3.28. The fourth-order valence-electron chi connectivity index (χ4n) is 1.22. The fraction of sp³-hybridized carbons (Fsp3) is 0.400. The number of hydrogen-bond acceptors (Lipinski definition) is 5. The van der Waals surface area contributed by atoms with Gasteiger partial charge in [0.05, 0.1) is 24.0 Å². The number of nitrogens with one attached hydrogen (secondary N) is 1. The van der Waals surface area contributed by atoms with E-state index in [0.717, 1.165) is 0 Å². The van der Waals surface area contributed by atoms with Crippen molar-refractivity contribution in [3.05, 3.63) is 24.0 Å². The standard InChI is InChI=1S/C10H15N3O3/c1-16-6-7(14)4-13-9-2-3-12-5-8(9)10(11)15/h2-3,5,7,14H,4,6H2,1H3,(H2,11,15)(H,12,13). The highest BCUT2D eigenvalue weighted by Crippen LogP contribution is 2.12. The van der Waals surface area contributed by atoms with Crippen LogP contribution in [-0.2, 0) is 4.74 Å². The zero-order chi connectivity index (χ0) is 12.0. The molecule has 6 heteroatoms. The molecule has 1 rings (SSSR count). The topological polar surface area (TPSA) is 97.5 Å². The maximum atomic E-state index is 11.0. The number of aliphatic hydroxyl groups is 1. The van der Waals surface area contributed by atoms with Crippen LogP contribution in [0.5, 0.6) is 0 Å². The molecule has 0 aromatic carbocycles. The Kier molecular flexibility index (Phi) is 4.68. The molecule has 4 N–H and O–H groups in total. The quantitative estimate of drug-likeness (QED) is 0.612. The molecular formula is C10H15N3O3. The lowest BCUT2D eigenvalue weighted by Gasteiger charge is -2.13. The molecule has 0 aliphatic rings. The van der Waals surface area contributed by atoms with Crippen molar-refractivity contribution >= 4 is 11.6 Å². The Bertz CT molecular complexity index is 357. The van der Waals surface area contributed by atoms with Crippen molar-refractivity contribution in [1.29, 1.82) is 0 Å². The molecule has 0 bridgehead atoms. The molecule has 88 valence electrons. The van der Waals surface area contributed by atoms with Gasteiger partial charge in [-0.15, -0.1) is 0 Å². The molecule has 1 aromatic heterocycles. The van der Waals surface area contributed by atoms with E-state index >= 15 is 0 Å². The van der Waals surface area contributed by atoms with Gasteiger partial charge in [0.15, 0.2) is 0 Å². The highest BCUT2D eigenvalue weighted by molar-refractivity contribution is 5.98. The van der Waals surface area contributed by atoms with Gasteiger partial charge in [0.2, 0.25) is 0 Å². The number of nitrogens with zero attached hydrogens (tertiary/aromatic N) is 1. The summed E-state index contributed by atoms with van der Waals surface area (Å²) in [6.07, 6.45) is 2.28. The van der Waals surface area contributed by atoms with Crippen molar-refractivity contribution in [2.45, 2.75) is 6.10 Å². The van der Waals surface area contributed by atoms with Crippen LogP contribution < -0.4 is 11.1 Å². The number of methoxy groups -OCH3 is 1. The van der Waals surface area contributed by atoms with Gasteiger partial charge in [-0.25, -0.2) is 0 Å². The third-order valence-electron chi connectivity index (χ3n) is 1.97. The minimum Gasteiger partial charge on any atom is -0.389 e. The highest BCUT2D eigenvalue weighted by atomic mass is 16.5. The zero-order valence-corrected chi connectivity index (χ0v) is 9.01. The number of rotatable bonds is 6. The lowest BCUT2D eigenvalue weighted by atomic mass is 10.2. The predicted molar refractivity (Wildman–Crippen MR) is 59.1 cm³/mol. The number of aliphatic hydroxyl groups excluding tert-OH is 1. The summed E-state index contributed by atoms with van der Waals surface area (Å²) in [5.41, 5.74) is 6.03. The maximum Gasteiger partial charge on any atom is 0.252 e. The number of aromatic nitrogens is 1. The van der Waals surface area contributed by atoms with Crippen LogP contribution in [0.4, 0.5) is 5.69 Å². The summed E-state index contributed by atoms with van der Waals surface area (Å²) in [6.45, 7) is 0.502. The van der Waals surface area contributed by atoms with Gasteiger partial charge in [-0.05, 0) is 6.07 Å². The van der Waals surface area contributed by atoms with Crippen molar-refractivity contribution in [2.24, 2.45) is 5.73 Å². The summed E-state index contributed by atoms with van der Waals surface area (Å²) >= 11 is 0. The van der Waals surface area contributed by atoms with Crippen molar-refractivity contribution in [1.82, 2.24) is 4.98 Å². The number of primary amides is 1. The van der Waals surface area contributed by atoms with Crippen LogP contribution in [0.2, 0.25) is 0 Å². The van der Waals surface area contributed by atoms with Gasteiger partial charge in [-0.3, -0.25) is 9.78 Å². The van der Waals surface area contributed by atoms with Crippen LogP contribution in [0.25, 0.3) is 0 Å². The van der Waals surface area contributed by atoms with Crippen LogP contribution in [0.1, 0.15) is 10.4 Å². The van der Waals surface area contributed by atoms with E-state index in [1.807, 2.05) is 0 Å². The second-order valence-corrected chi connectivity index (χ2v) is 3.28. The van der Waals surface area contributed by atoms with Crippen LogP contribution in [0, 0.1) is 0 Å². The number of pyridine rings is 1. The Hall–Kier alpha value is -1.66. The van der Waals surface area contributed by atoms with E-state index in [1.54, 1.807) is 6.07 Å². The Morgan fingerprint density at radius 1 is 1.75 bits per heavy atom. The molecule has 0 radical (unpaired) electrons. The smallest absolute Gasteiger partial charge is 0.252 e. The fourth-order valence-corrected chi connectivity index (χ4v) is 1.22. The molecule has 0 saturated carbocycles. The Morgan fingerprint density at radius 3 is 3.12 bits per heavy atom. The minimum absolute atomic E-state index is 0.226. The molecule has 1 amide bonds. The summed E-state index contributed by atoms with van der Waals surface area (Å²) in [6, 6.07) is 1.62. The number of ether oxygens (including phenoxy) is 1. The third kappa shape index (κ3) is 3.48. The summed E-state index contributed by atoms with van der Waals surface area (Å²) in [5, 5.41) is 12.3. The minimum atomic E-state index is -0.640. The van der Waals surface area contributed by atoms with Crippen molar-refractivity contribution in [3.8, 4) is 0 Å². The van der Waals surface area contributed by atoms with Gasteiger partial charge in [0, 0.05) is 26.0 Å². The van der Waals surface area contributed by atoms with Crippen molar-refractivity contribution < 1.29 is 14.6 Å². The Morgan fingerprint density at radius 2 is 2.50 bits per heavy atom. The molecule has 0 saturated heterocycles. The summed E-state index contributed by atoms with van der Waals surface area (Å²) in [7, 11) is 1.50. The number of anilines is 1. The molecule has 1 atom stereocenters. The number of carbonyl (C=O) groups is 1. The average molecular weight is 225 g/mol. The van der Waals surface area contributed by atoms with E-state index in [-0.39, 0.29) is 13.2 Å². The van der Waals surface area contributed by atoms with Gasteiger partial charge in [0.1, 0.15) is 0 Å². The summed E-state index contributed by atoms with van der Waals surface area (Å²) in [4.78, 5) is 14.8. The van der Waals surface area contributed by atoms with E-state index in [2.05, 4.69) is 10.3 Å². The van der Waals surface area contributed by atoms with E-state index < -0.39 is 12.0 Å².